The van der Waals surface area contributed by atoms with Crippen LogP contribution < -0.4 is 9.47 Å². The summed E-state index contributed by atoms with van der Waals surface area (Å²) in [5, 5.41) is 0.584. The van der Waals surface area contributed by atoms with Crippen molar-refractivity contribution >= 4 is 27.5 Å². The molecule has 0 aliphatic carbocycles. The van der Waals surface area contributed by atoms with Gasteiger partial charge >= 0.3 is 0 Å². The van der Waals surface area contributed by atoms with Crippen LogP contribution in [0.2, 0.25) is 5.02 Å². The Bertz CT molecular complexity index is 565. The van der Waals surface area contributed by atoms with Crippen LogP contribution in [0.4, 0.5) is 4.39 Å². The molecule has 0 fully saturated rings. The Labute approximate surface area is 130 Å². The van der Waals surface area contributed by atoms with E-state index in [2.05, 4.69) is 15.9 Å². The quantitative estimate of drug-likeness (QED) is 0.717. The minimum atomic E-state index is -0.328. The van der Waals surface area contributed by atoms with Crippen LogP contribution in [0.25, 0.3) is 0 Å². The zero-order chi connectivity index (χ0) is 14.7. The Hall–Kier alpha value is -1.26. The second-order valence-corrected chi connectivity index (χ2v) is 5.49. The van der Waals surface area contributed by atoms with E-state index in [1.54, 1.807) is 38.5 Å². The van der Waals surface area contributed by atoms with E-state index in [0.29, 0.717) is 22.1 Å². The third-order valence-electron chi connectivity index (χ3n) is 2.93. The monoisotopic (exact) mass is 358 g/mol. The van der Waals surface area contributed by atoms with Gasteiger partial charge in [-0.05, 0) is 36.4 Å². The minimum absolute atomic E-state index is 0.290. The molecule has 1 unspecified atom stereocenters. The fourth-order valence-corrected chi connectivity index (χ4v) is 2.87. The van der Waals surface area contributed by atoms with Gasteiger partial charge in [0.15, 0.2) is 0 Å². The molecule has 0 aliphatic rings. The number of benzene rings is 2. The molecule has 0 heterocycles. The average Bonchev–Trinajstić information content (AvgIpc) is 2.46. The van der Waals surface area contributed by atoms with Crippen molar-refractivity contribution < 1.29 is 13.9 Å². The van der Waals surface area contributed by atoms with Crippen LogP contribution in [-0.4, -0.2) is 14.2 Å². The normalized spacial score (nSPS) is 12.1. The fraction of sp³-hybridized carbons (Fsp3) is 0.200. The predicted molar refractivity (Wildman–Crippen MR) is 81.7 cm³/mol. The number of alkyl halides is 1. The highest BCUT2D eigenvalue weighted by Gasteiger charge is 2.20. The number of hydrogen-bond donors (Lipinski definition) is 0. The summed E-state index contributed by atoms with van der Waals surface area (Å²) >= 11 is 9.59. The summed E-state index contributed by atoms with van der Waals surface area (Å²) in [6, 6.07) is 9.68. The summed E-state index contributed by atoms with van der Waals surface area (Å²) < 4.78 is 24.1. The summed E-state index contributed by atoms with van der Waals surface area (Å²) in [5.74, 6) is 0.934. The average molecular weight is 360 g/mol. The summed E-state index contributed by atoms with van der Waals surface area (Å²) in [6.07, 6.45) is 0. The van der Waals surface area contributed by atoms with Gasteiger partial charge in [0.2, 0.25) is 0 Å². The molecule has 0 saturated heterocycles. The van der Waals surface area contributed by atoms with E-state index in [1.807, 2.05) is 0 Å². The number of halogens is 3. The fourth-order valence-electron chi connectivity index (χ4n) is 1.97. The number of ether oxygens (including phenoxy) is 2. The van der Waals surface area contributed by atoms with Gasteiger partial charge in [0, 0.05) is 16.1 Å². The molecule has 106 valence electrons. The van der Waals surface area contributed by atoms with Crippen LogP contribution in [0.5, 0.6) is 11.5 Å². The summed E-state index contributed by atoms with van der Waals surface area (Å²) in [6.45, 7) is 0. The first-order valence-electron chi connectivity index (χ1n) is 5.87. The van der Waals surface area contributed by atoms with Crippen LogP contribution in [0.1, 0.15) is 16.0 Å². The number of methoxy groups -OCH3 is 2. The van der Waals surface area contributed by atoms with Crippen LogP contribution in [0.3, 0.4) is 0 Å². The zero-order valence-electron chi connectivity index (χ0n) is 11.0. The first-order valence-corrected chi connectivity index (χ1v) is 7.17. The van der Waals surface area contributed by atoms with Crippen molar-refractivity contribution in [3.8, 4) is 11.5 Å². The minimum Gasteiger partial charge on any atom is -0.496 e. The van der Waals surface area contributed by atoms with E-state index in [9.17, 15) is 4.39 Å². The Kier molecular flexibility index (Phi) is 4.89. The lowest BCUT2D eigenvalue weighted by Gasteiger charge is -2.17. The second-order valence-electron chi connectivity index (χ2n) is 4.14. The molecule has 0 amide bonds. The highest BCUT2D eigenvalue weighted by molar-refractivity contribution is 9.09. The molecular formula is C15H13BrClFO2. The lowest BCUT2D eigenvalue weighted by atomic mass is 10.0. The Morgan fingerprint density at radius 2 is 1.55 bits per heavy atom. The third-order valence-corrected chi connectivity index (χ3v) is 4.15. The maximum absolute atomic E-state index is 13.5. The molecule has 0 aromatic heterocycles. The van der Waals surface area contributed by atoms with Gasteiger partial charge < -0.3 is 9.47 Å². The summed E-state index contributed by atoms with van der Waals surface area (Å²) in [5.41, 5.74) is 1.48. The van der Waals surface area contributed by atoms with Crippen molar-refractivity contribution in [2.24, 2.45) is 0 Å². The molecule has 0 spiro atoms. The molecule has 5 heteroatoms. The smallest absolute Gasteiger partial charge is 0.123 e. The number of hydrogen-bond acceptors (Lipinski definition) is 2. The topological polar surface area (TPSA) is 18.5 Å². The molecule has 2 rings (SSSR count). The molecule has 2 aromatic carbocycles. The molecule has 0 aliphatic heterocycles. The second kappa shape index (κ2) is 6.46. The van der Waals surface area contributed by atoms with Gasteiger partial charge in [0.1, 0.15) is 17.3 Å². The maximum Gasteiger partial charge on any atom is 0.123 e. The third kappa shape index (κ3) is 3.07. The Balaban J connectivity index is 2.53. The largest absolute Gasteiger partial charge is 0.496 e. The van der Waals surface area contributed by atoms with Crippen LogP contribution in [-0.2, 0) is 0 Å². The molecule has 2 aromatic rings. The standard InChI is InChI=1S/C15H13BrClFO2/c1-19-13-5-3-9(17)7-11(13)15(16)12-8-10(18)4-6-14(12)20-2/h3-8,15H,1-2H3. The molecule has 0 N–H and O–H groups in total. The van der Waals surface area contributed by atoms with Gasteiger partial charge in [-0.15, -0.1) is 0 Å². The van der Waals surface area contributed by atoms with Crippen LogP contribution >= 0.6 is 27.5 Å². The molecule has 0 radical (unpaired) electrons. The van der Waals surface area contributed by atoms with Gasteiger partial charge in [-0.1, -0.05) is 27.5 Å². The maximum atomic E-state index is 13.5. The van der Waals surface area contributed by atoms with E-state index >= 15 is 0 Å². The highest BCUT2D eigenvalue weighted by atomic mass is 79.9. The Morgan fingerprint density at radius 3 is 2.15 bits per heavy atom. The lowest BCUT2D eigenvalue weighted by Crippen LogP contribution is -2.00. The Morgan fingerprint density at radius 1 is 1.00 bits per heavy atom. The van der Waals surface area contributed by atoms with Crippen molar-refractivity contribution in [3.63, 3.8) is 0 Å². The van der Waals surface area contributed by atoms with E-state index in [1.165, 1.54) is 12.1 Å². The first kappa shape index (κ1) is 15.1. The highest BCUT2D eigenvalue weighted by Crippen LogP contribution is 2.41. The zero-order valence-corrected chi connectivity index (χ0v) is 13.3. The van der Waals surface area contributed by atoms with E-state index in [0.717, 1.165) is 5.56 Å². The van der Waals surface area contributed by atoms with Gasteiger partial charge in [-0.3, -0.25) is 0 Å². The SMILES string of the molecule is COc1ccc(F)cc1C(Br)c1cc(Cl)ccc1OC. The van der Waals surface area contributed by atoms with Gasteiger partial charge in [-0.25, -0.2) is 4.39 Å². The van der Waals surface area contributed by atoms with Gasteiger partial charge in [-0.2, -0.15) is 0 Å². The van der Waals surface area contributed by atoms with Gasteiger partial charge in [0.25, 0.3) is 0 Å². The first-order chi connectivity index (χ1) is 9.56. The van der Waals surface area contributed by atoms with Crippen molar-refractivity contribution in [1.82, 2.24) is 0 Å². The molecule has 1 atom stereocenters. The van der Waals surface area contributed by atoms with E-state index in [4.69, 9.17) is 21.1 Å². The van der Waals surface area contributed by atoms with E-state index < -0.39 is 0 Å². The summed E-state index contributed by atoms with van der Waals surface area (Å²) in [4.78, 5) is -0.290. The molecule has 0 bridgehead atoms. The van der Waals surface area contributed by atoms with Crippen LogP contribution in [0, 0.1) is 5.82 Å². The van der Waals surface area contributed by atoms with Crippen molar-refractivity contribution in [2.45, 2.75) is 4.83 Å². The lowest BCUT2D eigenvalue weighted by molar-refractivity contribution is 0.404. The van der Waals surface area contributed by atoms with E-state index in [-0.39, 0.29) is 10.6 Å². The van der Waals surface area contributed by atoms with Crippen LogP contribution in [0.15, 0.2) is 36.4 Å². The van der Waals surface area contributed by atoms with Crippen molar-refractivity contribution in [1.29, 1.82) is 0 Å². The van der Waals surface area contributed by atoms with Crippen molar-refractivity contribution in [2.75, 3.05) is 14.2 Å². The molecule has 0 saturated carbocycles. The molecule has 20 heavy (non-hydrogen) atoms. The van der Waals surface area contributed by atoms with Crippen molar-refractivity contribution in [3.05, 3.63) is 58.4 Å². The summed E-state index contributed by atoms with van der Waals surface area (Å²) in [7, 11) is 3.13. The number of rotatable bonds is 4. The molecule has 2 nitrogen and oxygen atoms in total. The molecular weight excluding hydrogens is 347 g/mol. The van der Waals surface area contributed by atoms with Gasteiger partial charge in [0.05, 0.1) is 19.0 Å². The predicted octanol–water partition coefficient (Wildman–Crippen LogP) is 4.98.